The number of rotatable bonds is 6. The van der Waals surface area contributed by atoms with E-state index in [4.69, 9.17) is 0 Å². The zero-order valence-electron chi connectivity index (χ0n) is 12.2. The first-order valence-corrected chi connectivity index (χ1v) is 8.53. The second kappa shape index (κ2) is 7.33. The van der Waals surface area contributed by atoms with Crippen molar-refractivity contribution in [3.8, 4) is 5.75 Å². The van der Waals surface area contributed by atoms with Crippen LogP contribution in [0, 0.1) is 6.92 Å². The molecule has 1 aromatic carbocycles. The van der Waals surface area contributed by atoms with Crippen LogP contribution in [0.5, 0.6) is 5.75 Å². The molecule has 0 aliphatic rings. The summed E-state index contributed by atoms with van der Waals surface area (Å²) >= 11 is 0. The van der Waals surface area contributed by atoms with Crippen LogP contribution in [0.25, 0.3) is 0 Å². The van der Waals surface area contributed by atoms with Crippen molar-refractivity contribution in [2.45, 2.75) is 19.5 Å². The fourth-order valence-electron chi connectivity index (χ4n) is 2.15. The van der Waals surface area contributed by atoms with Crippen molar-refractivity contribution in [3.05, 3.63) is 59.4 Å². The van der Waals surface area contributed by atoms with Gasteiger partial charge in [-0.05, 0) is 24.6 Å². The van der Waals surface area contributed by atoms with Crippen LogP contribution < -0.4 is 5.32 Å². The topological polar surface area (TPSA) is 62.2 Å². The predicted molar refractivity (Wildman–Crippen MR) is 85.6 cm³/mol. The van der Waals surface area contributed by atoms with E-state index in [0.717, 1.165) is 11.3 Å². The third-order valence-corrected chi connectivity index (χ3v) is 4.01. The highest BCUT2D eigenvalue weighted by Crippen LogP contribution is 2.18. The summed E-state index contributed by atoms with van der Waals surface area (Å²) in [7, 11) is -0.909. The van der Waals surface area contributed by atoms with E-state index in [9.17, 15) is 9.32 Å². The molecule has 0 aliphatic heterocycles. The lowest BCUT2D eigenvalue weighted by Crippen LogP contribution is -2.26. The molecule has 0 spiro atoms. The van der Waals surface area contributed by atoms with Crippen LogP contribution >= 0.6 is 0 Å². The minimum atomic E-state index is -0.909. The molecule has 1 heterocycles. The molecule has 2 aromatic rings. The summed E-state index contributed by atoms with van der Waals surface area (Å²) in [6.07, 6.45) is 1.69. The van der Waals surface area contributed by atoms with E-state index in [1.807, 2.05) is 37.3 Å². The van der Waals surface area contributed by atoms with E-state index >= 15 is 0 Å². The van der Waals surface area contributed by atoms with Gasteiger partial charge in [0.05, 0.1) is 5.69 Å². The zero-order chi connectivity index (χ0) is 15.2. The lowest BCUT2D eigenvalue weighted by atomic mass is 10.1. The second-order valence-electron chi connectivity index (χ2n) is 5.00. The lowest BCUT2D eigenvalue weighted by Gasteiger charge is -2.18. The minimum absolute atomic E-state index is 0.0289. The maximum absolute atomic E-state index is 11.6. The van der Waals surface area contributed by atoms with Crippen molar-refractivity contribution in [1.29, 1.82) is 0 Å². The molecule has 4 nitrogen and oxygen atoms in total. The molecule has 5 heteroatoms. The average Bonchev–Trinajstić information content (AvgIpc) is 2.47. The molecular formula is C16H20N2O2S. The molecule has 0 unspecified atom stereocenters. The third-order valence-electron chi connectivity index (χ3n) is 3.21. The van der Waals surface area contributed by atoms with Crippen molar-refractivity contribution in [2.75, 3.05) is 12.0 Å². The fraction of sp³-hybridized carbons (Fsp3) is 0.312. The molecule has 2 atom stereocenters. The summed E-state index contributed by atoms with van der Waals surface area (Å²) in [4.78, 5) is 4.33. The SMILES string of the molecule is Cc1ccc(O)c(CN[C@H](C[S@](C)=O)c2ccccc2)n1. The maximum atomic E-state index is 11.6. The van der Waals surface area contributed by atoms with Crippen LogP contribution in [0.2, 0.25) is 0 Å². The van der Waals surface area contributed by atoms with Crippen LogP contribution in [0.3, 0.4) is 0 Å². The van der Waals surface area contributed by atoms with E-state index in [0.29, 0.717) is 18.0 Å². The van der Waals surface area contributed by atoms with E-state index < -0.39 is 10.8 Å². The molecule has 0 saturated carbocycles. The Morgan fingerprint density at radius 3 is 2.62 bits per heavy atom. The molecule has 0 saturated heterocycles. The average molecular weight is 304 g/mol. The summed E-state index contributed by atoms with van der Waals surface area (Å²) in [5.41, 5.74) is 2.55. The van der Waals surface area contributed by atoms with Crippen LogP contribution in [0.4, 0.5) is 0 Å². The van der Waals surface area contributed by atoms with Gasteiger partial charge in [0.2, 0.25) is 0 Å². The van der Waals surface area contributed by atoms with Crippen molar-refractivity contribution >= 4 is 10.8 Å². The van der Waals surface area contributed by atoms with E-state index in [2.05, 4.69) is 10.3 Å². The molecule has 0 radical (unpaired) electrons. The molecule has 0 amide bonds. The van der Waals surface area contributed by atoms with Gasteiger partial charge in [-0.3, -0.25) is 9.19 Å². The number of nitrogens with one attached hydrogen (secondary N) is 1. The minimum Gasteiger partial charge on any atom is -0.506 e. The Morgan fingerprint density at radius 2 is 1.95 bits per heavy atom. The third kappa shape index (κ3) is 4.65. The first-order valence-electron chi connectivity index (χ1n) is 6.80. The molecule has 0 aliphatic carbocycles. The lowest BCUT2D eigenvalue weighted by molar-refractivity contribution is 0.454. The van der Waals surface area contributed by atoms with Crippen LogP contribution in [-0.2, 0) is 17.3 Å². The fourth-order valence-corrected chi connectivity index (χ4v) is 2.93. The smallest absolute Gasteiger partial charge is 0.138 e. The molecule has 112 valence electrons. The maximum Gasteiger partial charge on any atom is 0.138 e. The monoisotopic (exact) mass is 304 g/mol. The van der Waals surface area contributed by atoms with Gasteiger partial charge < -0.3 is 10.4 Å². The molecule has 0 fully saturated rings. The van der Waals surface area contributed by atoms with E-state index in [1.165, 1.54) is 0 Å². The number of benzene rings is 1. The van der Waals surface area contributed by atoms with Crippen LogP contribution in [0.1, 0.15) is 23.0 Å². The van der Waals surface area contributed by atoms with Gasteiger partial charge in [-0.25, -0.2) is 0 Å². The van der Waals surface area contributed by atoms with Gasteiger partial charge >= 0.3 is 0 Å². The van der Waals surface area contributed by atoms with Crippen molar-refractivity contribution in [2.24, 2.45) is 0 Å². The quantitative estimate of drug-likeness (QED) is 0.859. The van der Waals surface area contributed by atoms with Gasteiger partial charge in [0.25, 0.3) is 0 Å². The highest BCUT2D eigenvalue weighted by molar-refractivity contribution is 7.84. The summed E-state index contributed by atoms with van der Waals surface area (Å²) in [5, 5.41) is 13.2. The first-order chi connectivity index (χ1) is 10.1. The van der Waals surface area contributed by atoms with Crippen molar-refractivity contribution in [1.82, 2.24) is 10.3 Å². The summed E-state index contributed by atoms with van der Waals surface area (Å²) in [6, 6.07) is 13.3. The summed E-state index contributed by atoms with van der Waals surface area (Å²) in [5.74, 6) is 0.703. The molecular weight excluding hydrogens is 284 g/mol. The molecule has 2 N–H and O–H groups in total. The number of pyridine rings is 1. The molecule has 0 bridgehead atoms. The Kier molecular flexibility index (Phi) is 5.47. The summed E-state index contributed by atoms with van der Waals surface area (Å²) < 4.78 is 11.6. The van der Waals surface area contributed by atoms with Gasteiger partial charge in [0.15, 0.2) is 0 Å². The number of aryl methyl sites for hydroxylation is 1. The van der Waals surface area contributed by atoms with Crippen molar-refractivity contribution < 1.29 is 9.32 Å². The number of aromatic hydroxyl groups is 1. The van der Waals surface area contributed by atoms with E-state index in [1.54, 1.807) is 18.4 Å². The Labute approximate surface area is 127 Å². The van der Waals surface area contributed by atoms with Crippen molar-refractivity contribution in [3.63, 3.8) is 0 Å². The van der Waals surface area contributed by atoms with Crippen LogP contribution in [0.15, 0.2) is 42.5 Å². The second-order valence-corrected chi connectivity index (χ2v) is 6.48. The molecule has 21 heavy (non-hydrogen) atoms. The predicted octanol–water partition coefficient (Wildman–Crippen LogP) is 2.31. The normalized spacial score (nSPS) is 13.8. The standard InChI is InChI=1S/C16H20N2O2S/c1-12-8-9-16(19)14(18-12)10-17-15(11-21(2)20)13-6-4-3-5-7-13/h3-9,15,17,19H,10-11H2,1-2H3/t15-,21+/m1/s1. The Hall–Kier alpha value is -1.72. The largest absolute Gasteiger partial charge is 0.506 e. The Bertz CT molecular complexity index is 617. The summed E-state index contributed by atoms with van der Waals surface area (Å²) in [6.45, 7) is 2.32. The van der Waals surface area contributed by atoms with E-state index in [-0.39, 0.29) is 11.8 Å². The van der Waals surface area contributed by atoms with Gasteiger partial charge in [0, 0.05) is 41.1 Å². The molecule has 2 rings (SSSR count). The number of aromatic nitrogens is 1. The number of nitrogens with zero attached hydrogens (tertiary/aromatic N) is 1. The Morgan fingerprint density at radius 1 is 1.24 bits per heavy atom. The van der Waals surface area contributed by atoms with Gasteiger partial charge in [0.1, 0.15) is 5.75 Å². The zero-order valence-corrected chi connectivity index (χ0v) is 13.1. The van der Waals surface area contributed by atoms with Gasteiger partial charge in [-0.1, -0.05) is 30.3 Å². The number of hydrogen-bond acceptors (Lipinski definition) is 4. The number of hydrogen-bond donors (Lipinski definition) is 2. The van der Waals surface area contributed by atoms with Crippen LogP contribution in [-0.4, -0.2) is 26.3 Å². The highest BCUT2D eigenvalue weighted by Gasteiger charge is 2.14. The highest BCUT2D eigenvalue weighted by atomic mass is 32.2. The van der Waals surface area contributed by atoms with Gasteiger partial charge in [-0.15, -0.1) is 0 Å². The Balaban J connectivity index is 2.12. The van der Waals surface area contributed by atoms with Gasteiger partial charge in [-0.2, -0.15) is 0 Å². The molecule has 1 aromatic heterocycles. The first kappa shape index (κ1) is 15.7.